The van der Waals surface area contributed by atoms with E-state index in [9.17, 15) is 13.5 Å². The summed E-state index contributed by atoms with van der Waals surface area (Å²) in [6, 6.07) is 11.0. The molecule has 0 radical (unpaired) electrons. The summed E-state index contributed by atoms with van der Waals surface area (Å²) in [6.45, 7) is -0.0589. The van der Waals surface area contributed by atoms with Crippen LogP contribution in [0.2, 0.25) is 0 Å². The molecule has 0 fully saturated rings. The predicted octanol–water partition coefficient (Wildman–Crippen LogP) is 1.48. The van der Waals surface area contributed by atoms with Crippen LogP contribution in [0.15, 0.2) is 53.3 Å². The van der Waals surface area contributed by atoms with Crippen molar-refractivity contribution in [2.45, 2.75) is 12.5 Å². The summed E-state index contributed by atoms with van der Waals surface area (Å²) in [5.41, 5.74) is 1.52. The number of furan rings is 1. The predicted molar refractivity (Wildman–Crippen MR) is 75.6 cm³/mol. The van der Waals surface area contributed by atoms with Crippen molar-refractivity contribution in [3.63, 3.8) is 0 Å². The van der Waals surface area contributed by atoms with E-state index in [1.165, 1.54) is 12.5 Å². The zero-order chi connectivity index (χ0) is 14.4. The number of hydrogen-bond donors (Lipinski definition) is 2. The zero-order valence-corrected chi connectivity index (χ0v) is 11.7. The maximum absolute atomic E-state index is 11.8. The van der Waals surface area contributed by atoms with E-state index in [1.54, 1.807) is 6.07 Å². The van der Waals surface area contributed by atoms with Gasteiger partial charge in [0.1, 0.15) is 0 Å². The van der Waals surface area contributed by atoms with Crippen LogP contribution in [0.25, 0.3) is 0 Å². The van der Waals surface area contributed by atoms with E-state index in [0.717, 1.165) is 5.56 Å². The van der Waals surface area contributed by atoms with Crippen molar-refractivity contribution in [3.8, 4) is 0 Å². The van der Waals surface area contributed by atoms with Gasteiger partial charge in [-0.3, -0.25) is 0 Å². The maximum atomic E-state index is 11.8. The molecule has 0 spiro atoms. The third kappa shape index (κ3) is 4.48. The lowest BCUT2D eigenvalue weighted by Gasteiger charge is -2.10. The van der Waals surface area contributed by atoms with Crippen LogP contribution >= 0.6 is 0 Å². The maximum Gasteiger partial charge on any atom is 0.212 e. The van der Waals surface area contributed by atoms with E-state index in [4.69, 9.17) is 4.42 Å². The Morgan fingerprint density at radius 2 is 1.95 bits per heavy atom. The average Bonchev–Trinajstić information content (AvgIpc) is 2.98. The van der Waals surface area contributed by atoms with E-state index in [2.05, 4.69) is 4.72 Å². The summed E-state index contributed by atoms with van der Waals surface area (Å²) in [5, 5.41) is 9.77. The molecule has 5 nitrogen and oxygen atoms in total. The summed E-state index contributed by atoms with van der Waals surface area (Å²) in [6.07, 6.45) is 2.36. The number of rotatable bonds is 7. The number of aliphatic hydroxyl groups is 1. The first kappa shape index (κ1) is 14.8. The van der Waals surface area contributed by atoms with Gasteiger partial charge in [0.05, 0.1) is 24.4 Å². The van der Waals surface area contributed by atoms with Crippen LogP contribution in [-0.4, -0.2) is 25.8 Å². The van der Waals surface area contributed by atoms with Crippen molar-refractivity contribution >= 4 is 10.0 Å². The quantitative estimate of drug-likeness (QED) is 0.811. The summed E-state index contributed by atoms with van der Waals surface area (Å²) >= 11 is 0. The zero-order valence-electron chi connectivity index (χ0n) is 10.9. The highest BCUT2D eigenvalue weighted by Crippen LogP contribution is 2.12. The fourth-order valence-corrected chi connectivity index (χ4v) is 2.82. The lowest BCUT2D eigenvalue weighted by atomic mass is 10.2. The highest BCUT2D eigenvalue weighted by Gasteiger charge is 2.15. The standard InChI is InChI=1S/C14H17NO4S/c16-14(13-6-8-19-11-13)10-15-20(17,18)9-7-12-4-2-1-3-5-12/h1-6,8,11,14-16H,7,9-10H2. The van der Waals surface area contributed by atoms with Crippen molar-refractivity contribution in [2.24, 2.45) is 0 Å². The van der Waals surface area contributed by atoms with E-state index in [-0.39, 0.29) is 12.3 Å². The van der Waals surface area contributed by atoms with Crippen LogP contribution < -0.4 is 4.72 Å². The molecule has 0 amide bonds. The van der Waals surface area contributed by atoms with Gasteiger partial charge in [-0.25, -0.2) is 13.1 Å². The smallest absolute Gasteiger partial charge is 0.212 e. The Hall–Kier alpha value is -1.63. The molecule has 2 rings (SSSR count). The molecule has 2 N–H and O–H groups in total. The van der Waals surface area contributed by atoms with Gasteiger partial charge in [-0.15, -0.1) is 0 Å². The van der Waals surface area contributed by atoms with E-state index in [1.807, 2.05) is 30.3 Å². The Morgan fingerprint density at radius 1 is 1.20 bits per heavy atom. The minimum atomic E-state index is -3.41. The van der Waals surface area contributed by atoms with E-state index >= 15 is 0 Å². The number of aryl methyl sites for hydroxylation is 1. The SMILES string of the molecule is O=S(=O)(CCc1ccccc1)NCC(O)c1ccoc1. The van der Waals surface area contributed by atoms with Gasteiger partial charge in [0.15, 0.2) is 0 Å². The largest absolute Gasteiger partial charge is 0.472 e. The fraction of sp³-hybridized carbons (Fsp3) is 0.286. The second kappa shape index (κ2) is 6.69. The molecule has 1 heterocycles. The van der Waals surface area contributed by atoms with Crippen LogP contribution in [0.4, 0.5) is 0 Å². The van der Waals surface area contributed by atoms with E-state index in [0.29, 0.717) is 12.0 Å². The van der Waals surface area contributed by atoms with Crippen molar-refractivity contribution in [2.75, 3.05) is 12.3 Å². The third-order valence-corrected chi connectivity index (χ3v) is 4.27. The van der Waals surface area contributed by atoms with Gasteiger partial charge in [-0.1, -0.05) is 30.3 Å². The van der Waals surface area contributed by atoms with Gasteiger partial charge in [-0.05, 0) is 18.1 Å². The van der Waals surface area contributed by atoms with Crippen molar-refractivity contribution in [3.05, 3.63) is 60.1 Å². The molecule has 1 aromatic carbocycles. The molecule has 0 aliphatic rings. The molecule has 0 saturated carbocycles. The Kier molecular flexibility index (Phi) is 4.94. The lowest BCUT2D eigenvalue weighted by Crippen LogP contribution is -2.31. The second-order valence-electron chi connectivity index (χ2n) is 4.48. The van der Waals surface area contributed by atoms with Gasteiger partial charge in [0.25, 0.3) is 0 Å². The molecule has 0 aliphatic heterocycles. The first-order valence-electron chi connectivity index (χ1n) is 6.28. The summed E-state index contributed by atoms with van der Waals surface area (Å²) in [5.74, 6) is -0.00484. The molecule has 108 valence electrons. The van der Waals surface area contributed by atoms with Crippen molar-refractivity contribution < 1.29 is 17.9 Å². The Balaban J connectivity index is 1.82. The molecule has 6 heteroatoms. The molecular formula is C14H17NO4S. The number of sulfonamides is 1. The average molecular weight is 295 g/mol. The molecule has 20 heavy (non-hydrogen) atoms. The molecule has 1 atom stereocenters. The minimum Gasteiger partial charge on any atom is -0.472 e. The first-order valence-corrected chi connectivity index (χ1v) is 7.93. The molecule has 0 aliphatic carbocycles. The number of hydrogen-bond acceptors (Lipinski definition) is 4. The number of nitrogens with one attached hydrogen (secondary N) is 1. The Bertz CT molecular complexity index is 608. The first-order chi connectivity index (χ1) is 9.57. The topological polar surface area (TPSA) is 79.5 Å². The molecule has 0 saturated heterocycles. The van der Waals surface area contributed by atoms with Crippen LogP contribution in [0.5, 0.6) is 0 Å². The molecule has 2 aromatic rings. The highest BCUT2D eigenvalue weighted by atomic mass is 32.2. The van der Waals surface area contributed by atoms with Crippen LogP contribution in [0, 0.1) is 0 Å². The molecular weight excluding hydrogens is 278 g/mol. The molecule has 1 unspecified atom stereocenters. The minimum absolute atomic E-state index is 0.00484. The fourth-order valence-electron chi connectivity index (χ4n) is 1.76. The second-order valence-corrected chi connectivity index (χ2v) is 6.40. The summed E-state index contributed by atoms with van der Waals surface area (Å²) in [4.78, 5) is 0. The summed E-state index contributed by atoms with van der Waals surface area (Å²) < 4.78 is 30.9. The van der Waals surface area contributed by atoms with Gasteiger partial charge in [-0.2, -0.15) is 0 Å². The van der Waals surface area contributed by atoms with E-state index < -0.39 is 16.1 Å². The monoisotopic (exact) mass is 295 g/mol. The summed E-state index contributed by atoms with van der Waals surface area (Å²) in [7, 11) is -3.41. The lowest BCUT2D eigenvalue weighted by molar-refractivity contribution is 0.181. The number of benzene rings is 1. The van der Waals surface area contributed by atoms with Crippen LogP contribution in [0.3, 0.4) is 0 Å². The normalized spacial score (nSPS) is 13.2. The third-order valence-electron chi connectivity index (χ3n) is 2.93. The van der Waals surface area contributed by atoms with Gasteiger partial charge >= 0.3 is 0 Å². The van der Waals surface area contributed by atoms with Gasteiger partial charge < -0.3 is 9.52 Å². The highest BCUT2D eigenvalue weighted by molar-refractivity contribution is 7.89. The number of aliphatic hydroxyl groups excluding tert-OH is 1. The molecule has 1 aromatic heterocycles. The molecule has 0 bridgehead atoms. The van der Waals surface area contributed by atoms with Crippen molar-refractivity contribution in [1.82, 2.24) is 4.72 Å². The van der Waals surface area contributed by atoms with Gasteiger partial charge in [0, 0.05) is 12.1 Å². The van der Waals surface area contributed by atoms with Crippen LogP contribution in [0.1, 0.15) is 17.2 Å². The van der Waals surface area contributed by atoms with Crippen molar-refractivity contribution in [1.29, 1.82) is 0 Å². The Labute approximate surface area is 118 Å². The van der Waals surface area contributed by atoms with Gasteiger partial charge in [0.2, 0.25) is 10.0 Å². The Morgan fingerprint density at radius 3 is 2.60 bits per heavy atom. The van der Waals surface area contributed by atoms with Crippen LogP contribution in [-0.2, 0) is 16.4 Å².